The highest BCUT2D eigenvalue weighted by Gasteiger charge is 2.34. The lowest BCUT2D eigenvalue weighted by Gasteiger charge is -2.36. The summed E-state index contributed by atoms with van der Waals surface area (Å²) in [7, 11) is 0. The minimum atomic E-state index is -0.614. The van der Waals surface area contributed by atoms with E-state index in [0.29, 0.717) is 12.2 Å². The lowest BCUT2D eigenvalue weighted by atomic mass is 9.80. The molecule has 0 unspecified atom stereocenters. The van der Waals surface area contributed by atoms with Crippen molar-refractivity contribution in [3.8, 4) is 0 Å². The van der Waals surface area contributed by atoms with Crippen molar-refractivity contribution in [3.63, 3.8) is 0 Å². The van der Waals surface area contributed by atoms with Gasteiger partial charge in [-0.15, -0.1) is 0 Å². The molecule has 1 aromatic rings. The third kappa shape index (κ3) is 2.29. The first-order valence-corrected chi connectivity index (χ1v) is 5.31. The number of benzene rings is 1. The van der Waals surface area contributed by atoms with Gasteiger partial charge in [-0.1, -0.05) is 6.07 Å². The summed E-state index contributed by atoms with van der Waals surface area (Å²) >= 11 is 0. The molecule has 0 bridgehead atoms. The molecule has 2 rings (SSSR count). The molecule has 0 saturated heterocycles. The van der Waals surface area contributed by atoms with Crippen LogP contribution in [0.25, 0.3) is 0 Å². The van der Waals surface area contributed by atoms with Crippen LogP contribution in [0.4, 0.5) is 10.1 Å². The van der Waals surface area contributed by atoms with E-state index in [1.54, 1.807) is 6.07 Å². The molecule has 1 fully saturated rings. The molecule has 82 valence electrons. The van der Waals surface area contributed by atoms with Gasteiger partial charge in [-0.25, -0.2) is 4.39 Å². The van der Waals surface area contributed by atoms with Crippen LogP contribution < -0.4 is 5.32 Å². The van der Waals surface area contributed by atoms with Gasteiger partial charge in [0.25, 0.3) is 0 Å². The van der Waals surface area contributed by atoms with Gasteiger partial charge in [-0.2, -0.15) is 0 Å². The van der Waals surface area contributed by atoms with Crippen LogP contribution in [0, 0.1) is 12.7 Å². The summed E-state index contributed by atoms with van der Waals surface area (Å²) in [6.45, 7) is 2.29. The molecule has 1 saturated carbocycles. The topological polar surface area (TPSA) is 32.3 Å². The van der Waals surface area contributed by atoms with Crippen molar-refractivity contribution in [2.75, 3.05) is 11.9 Å². The Labute approximate surface area is 89.1 Å². The SMILES string of the molecule is Cc1ccc(NCC2(O)CCC2)c(F)c1. The monoisotopic (exact) mass is 209 g/mol. The second kappa shape index (κ2) is 3.81. The van der Waals surface area contributed by atoms with E-state index in [1.807, 2.05) is 13.0 Å². The van der Waals surface area contributed by atoms with Crippen LogP contribution in [0.1, 0.15) is 24.8 Å². The average Bonchev–Trinajstić information content (AvgIpc) is 2.14. The number of anilines is 1. The molecule has 1 aromatic carbocycles. The largest absolute Gasteiger partial charge is 0.388 e. The number of hydrogen-bond donors (Lipinski definition) is 2. The van der Waals surface area contributed by atoms with E-state index in [1.165, 1.54) is 6.07 Å². The molecule has 0 aliphatic heterocycles. The summed E-state index contributed by atoms with van der Waals surface area (Å²) in [6.07, 6.45) is 2.69. The third-order valence-corrected chi connectivity index (χ3v) is 3.02. The van der Waals surface area contributed by atoms with Crippen molar-refractivity contribution in [1.29, 1.82) is 0 Å². The van der Waals surface area contributed by atoms with E-state index in [2.05, 4.69) is 5.32 Å². The van der Waals surface area contributed by atoms with E-state index in [0.717, 1.165) is 24.8 Å². The highest BCUT2D eigenvalue weighted by molar-refractivity contribution is 5.46. The predicted octanol–water partition coefficient (Wildman–Crippen LogP) is 2.46. The van der Waals surface area contributed by atoms with E-state index in [9.17, 15) is 9.50 Å². The summed E-state index contributed by atoms with van der Waals surface area (Å²) < 4.78 is 13.4. The first-order valence-electron chi connectivity index (χ1n) is 5.31. The minimum absolute atomic E-state index is 0.252. The van der Waals surface area contributed by atoms with E-state index >= 15 is 0 Å². The van der Waals surface area contributed by atoms with Gasteiger partial charge in [0, 0.05) is 6.54 Å². The third-order valence-electron chi connectivity index (χ3n) is 3.02. The standard InChI is InChI=1S/C12H16FNO/c1-9-3-4-11(10(13)7-9)14-8-12(15)5-2-6-12/h3-4,7,14-15H,2,5-6,8H2,1H3. The zero-order chi connectivity index (χ0) is 10.9. The summed E-state index contributed by atoms with van der Waals surface area (Å²) in [5.41, 5.74) is 0.762. The molecule has 0 heterocycles. The van der Waals surface area contributed by atoms with Crippen molar-refractivity contribution in [2.45, 2.75) is 31.8 Å². The Hall–Kier alpha value is -1.09. The van der Waals surface area contributed by atoms with Crippen LogP contribution in [-0.2, 0) is 0 Å². The normalized spacial score (nSPS) is 18.3. The maximum atomic E-state index is 13.4. The molecule has 1 aliphatic carbocycles. The highest BCUT2D eigenvalue weighted by Crippen LogP contribution is 2.31. The van der Waals surface area contributed by atoms with Crippen LogP contribution >= 0.6 is 0 Å². The Morgan fingerprint density at radius 2 is 2.20 bits per heavy atom. The van der Waals surface area contributed by atoms with Crippen LogP contribution in [-0.4, -0.2) is 17.3 Å². The van der Waals surface area contributed by atoms with E-state index in [4.69, 9.17) is 0 Å². The molecule has 0 radical (unpaired) electrons. The van der Waals surface area contributed by atoms with Gasteiger partial charge < -0.3 is 10.4 Å². The summed E-state index contributed by atoms with van der Waals surface area (Å²) in [5, 5.41) is 12.8. The Bertz CT molecular complexity index is 361. The van der Waals surface area contributed by atoms with Crippen molar-refractivity contribution in [3.05, 3.63) is 29.6 Å². The summed E-state index contributed by atoms with van der Waals surface area (Å²) in [6, 6.07) is 5.07. The number of aryl methyl sites for hydroxylation is 1. The molecule has 2 nitrogen and oxygen atoms in total. The molecule has 2 N–H and O–H groups in total. The minimum Gasteiger partial charge on any atom is -0.388 e. The smallest absolute Gasteiger partial charge is 0.146 e. The first kappa shape index (κ1) is 10.4. The van der Waals surface area contributed by atoms with Gasteiger partial charge in [-0.3, -0.25) is 0 Å². The van der Waals surface area contributed by atoms with Crippen molar-refractivity contribution < 1.29 is 9.50 Å². The first-order chi connectivity index (χ1) is 7.09. The Morgan fingerprint density at radius 3 is 2.73 bits per heavy atom. The van der Waals surface area contributed by atoms with Crippen molar-refractivity contribution in [1.82, 2.24) is 0 Å². The van der Waals surface area contributed by atoms with Gasteiger partial charge >= 0.3 is 0 Å². The van der Waals surface area contributed by atoms with Crippen molar-refractivity contribution >= 4 is 5.69 Å². The van der Waals surface area contributed by atoms with Crippen LogP contribution in [0.5, 0.6) is 0 Å². The second-order valence-corrected chi connectivity index (χ2v) is 4.41. The van der Waals surface area contributed by atoms with E-state index < -0.39 is 5.60 Å². The Balaban J connectivity index is 1.98. The molecule has 15 heavy (non-hydrogen) atoms. The molecular weight excluding hydrogens is 193 g/mol. The predicted molar refractivity (Wildman–Crippen MR) is 58.4 cm³/mol. The molecule has 3 heteroatoms. The van der Waals surface area contributed by atoms with E-state index in [-0.39, 0.29) is 5.82 Å². The lowest BCUT2D eigenvalue weighted by molar-refractivity contribution is -0.0202. The second-order valence-electron chi connectivity index (χ2n) is 4.41. The average molecular weight is 209 g/mol. The molecule has 1 aliphatic rings. The van der Waals surface area contributed by atoms with Gasteiger partial charge in [0.1, 0.15) is 5.82 Å². The fourth-order valence-corrected chi connectivity index (χ4v) is 1.78. The molecule has 0 atom stereocenters. The van der Waals surface area contributed by atoms with Crippen LogP contribution in [0.2, 0.25) is 0 Å². The van der Waals surface area contributed by atoms with Gasteiger partial charge in [0.15, 0.2) is 0 Å². The van der Waals surface area contributed by atoms with Gasteiger partial charge in [0.2, 0.25) is 0 Å². The quantitative estimate of drug-likeness (QED) is 0.801. The zero-order valence-corrected chi connectivity index (χ0v) is 8.89. The number of rotatable bonds is 3. The number of nitrogens with one attached hydrogen (secondary N) is 1. The summed E-state index contributed by atoms with van der Waals surface area (Å²) in [4.78, 5) is 0. The maximum Gasteiger partial charge on any atom is 0.146 e. The lowest BCUT2D eigenvalue weighted by Crippen LogP contribution is -2.43. The van der Waals surface area contributed by atoms with Crippen molar-refractivity contribution in [2.24, 2.45) is 0 Å². The Kier molecular flexibility index (Phi) is 2.65. The molecular formula is C12H16FNO. The van der Waals surface area contributed by atoms with Crippen LogP contribution in [0.15, 0.2) is 18.2 Å². The fourth-order valence-electron chi connectivity index (χ4n) is 1.78. The van der Waals surface area contributed by atoms with Gasteiger partial charge in [0.05, 0.1) is 11.3 Å². The Morgan fingerprint density at radius 1 is 1.47 bits per heavy atom. The molecule has 0 amide bonds. The molecule has 0 aromatic heterocycles. The van der Waals surface area contributed by atoms with Crippen LogP contribution in [0.3, 0.4) is 0 Å². The van der Waals surface area contributed by atoms with Gasteiger partial charge in [-0.05, 0) is 43.9 Å². The summed E-state index contributed by atoms with van der Waals surface area (Å²) in [5.74, 6) is -0.252. The number of hydrogen-bond acceptors (Lipinski definition) is 2. The maximum absolute atomic E-state index is 13.4. The number of halogens is 1. The number of aliphatic hydroxyl groups is 1. The zero-order valence-electron chi connectivity index (χ0n) is 8.89. The highest BCUT2D eigenvalue weighted by atomic mass is 19.1. The fraction of sp³-hybridized carbons (Fsp3) is 0.500. The molecule has 0 spiro atoms.